The molecule has 0 fully saturated rings. The van der Waals surface area contributed by atoms with Crippen LogP contribution < -0.4 is 0 Å². The largest absolute Gasteiger partial charge is 0.252 e. The van der Waals surface area contributed by atoms with Crippen LogP contribution in [-0.2, 0) is 16.5 Å². The minimum absolute atomic E-state index is 0. The van der Waals surface area contributed by atoms with Crippen LogP contribution in [0.4, 0.5) is 11.4 Å². The van der Waals surface area contributed by atoms with E-state index in [0.717, 1.165) is 48.5 Å². The van der Waals surface area contributed by atoms with Gasteiger partial charge in [0, 0.05) is 16.5 Å². The van der Waals surface area contributed by atoms with Gasteiger partial charge in [-0.15, -0.1) is 0 Å². The Morgan fingerprint density at radius 2 is 1.22 bits per heavy atom. The first-order valence-corrected chi connectivity index (χ1v) is 8.09. The number of unbranched alkanes of at least 4 members (excludes halogenated alkanes) is 1. The minimum Gasteiger partial charge on any atom is -0.252 e. The summed E-state index contributed by atoms with van der Waals surface area (Å²) in [5, 5.41) is 0. The van der Waals surface area contributed by atoms with E-state index < -0.39 is 0 Å². The van der Waals surface area contributed by atoms with Gasteiger partial charge in [0.1, 0.15) is 0 Å². The van der Waals surface area contributed by atoms with Gasteiger partial charge in [-0.25, -0.2) is 0 Å². The molecule has 0 atom stereocenters. The molecule has 124 valence electrons. The summed E-state index contributed by atoms with van der Waals surface area (Å²) in [7, 11) is 0. The van der Waals surface area contributed by atoms with Gasteiger partial charge < -0.3 is 0 Å². The Balaban J connectivity index is 0.00000264. The summed E-state index contributed by atoms with van der Waals surface area (Å²) < 4.78 is 0. The molecule has 0 aliphatic carbocycles. The molecule has 23 heavy (non-hydrogen) atoms. The molecule has 2 rings (SSSR count). The van der Waals surface area contributed by atoms with E-state index in [9.17, 15) is 0 Å². The zero-order valence-electron chi connectivity index (χ0n) is 13.8. The summed E-state index contributed by atoms with van der Waals surface area (Å²) >= 11 is 0. The van der Waals surface area contributed by atoms with Crippen LogP contribution >= 0.6 is 0 Å². The summed E-state index contributed by atoms with van der Waals surface area (Å²) in [5.74, 6) is 0. The zero-order valence-corrected chi connectivity index (χ0v) is 14.8. The van der Waals surface area contributed by atoms with E-state index in [0.29, 0.717) is 0 Å². The fourth-order valence-electron chi connectivity index (χ4n) is 2.27. The van der Waals surface area contributed by atoms with Crippen molar-refractivity contribution in [3.05, 3.63) is 60.7 Å². The van der Waals surface area contributed by atoms with Crippen LogP contribution in [0.1, 0.15) is 39.5 Å². The molecule has 0 amide bonds. The number of aliphatic imine (C=N–C) groups is 2. The molecule has 2 aromatic carbocycles. The van der Waals surface area contributed by atoms with Gasteiger partial charge in [0.15, 0.2) is 0 Å². The second-order valence-electron chi connectivity index (χ2n) is 5.25. The maximum atomic E-state index is 4.85. The fraction of sp³-hybridized carbons (Fsp3) is 0.300. The number of para-hydroxylation sites is 2. The second-order valence-corrected chi connectivity index (χ2v) is 5.25. The van der Waals surface area contributed by atoms with Crippen LogP contribution in [0.15, 0.2) is 70.6 Å². The third kappa shape index (κ3) is 6.50. The molecule has 0 bridgehead atoms. The van der Waals surface area contributed by atoms with E-state index in [1.165, 1.54) is 0 Å². The Bertz CT molecular complexity index is 619. The molecule has 0 spiro atoms. The average Bonchev–Trinajstić information content (AvgIpc) is 2.58. The molecule has 2 aromatic rings. The van der Waals surface area contributed by atoms with Crippen molar-refractivity contribution in [2.45, 2.75) is 39.5 Å². The van der Waals surface area contributed by atoms with E-state index in [-0.39, 0.29) is 16.5 Å². The first-order valence-electron chi connectivity index (χ1n) is 8.09. The maximum Gasteiger partial charge on any atom is 0.0633 e. The van der Waals surface area contributed by atoms with Crippen molar-refractivity contribution in [1.29, 1.82) is 0 Å². The third-order valence-corrected chi connectivity index (χ3v) is 3.48. The van der Waals surface area contributed by atoms with Crippen molar-refractivity contribution in [3.8, 4) is 0 Å². The van der Waals surface area contributed by atoms with Crippen LogP contribution in [0.5, 0.6) is 0 Å². The molecule has 0 radical (unpaired) electrons. The summed E-state index contributed by atoms with van der Waals surface area (Å²) in [5.41, 5.74) is 4.20. The Kier molecular flexibility index (Phi) is 9.16. The normalized spacial score (nSPS) is 11.9. The van der Waals surface area contributed by atoms with E-state index in [1.54, 1.807) is 0 Å². The second kappa shape index (κ2) is 10.9. The molecule has 0 saturated heterocycles. The zero-order chi connectivity index (χ0) is 15.6. The monoisotopic (exact) mass is 350 g/mol. The topological polar surface area (TPSA) is 24.7 Å². The molecule has 2 nitrogen and oxygen atoms in total. The Morgan fingerprint density at radius 1 is 0.739 bits per heavy atom. The average molecular weight is 351 g/mol. The van der Waals surface area contributed by atoms with Crippen LogP contribution in [0, 0.1) is 0 Å². The van der Waals surface area contributed by atoms with Crippen molar-refractivity contribution in [2.75, 3.05) is 0 Å². The fourth-order valence-corrected chi connectivity index (χ4v) is 2.27. The van der Waals surface area contributed by atoms with Gasteiger partial charge >= 0.3 is 0 Å². The van der Waals surface area contributed by atoms with Crippen molar-refractivity contribution < 1.29 is 16.5 Å². The summed E-state index contributed by atoms with van der Waals surface area (Å²) in [6.45, 7) is 4.36. The maximum absolute atomic E-state index is 4.85. The van der Waals surface area contributed by atoms with Crippen LogP contribution in [-0.4, -0.2) is 11.4 Å². The third-order valence-electron chi connectivity index (χ3n) is 3.48. The number of hydrogen-bond donors (Lipinski definition) is 0. The Labute approximate surface area is 149 Å². The molecule has 0 heterocycles. The smallest absolute Gasteiger partial charge is 0.0633 e. The molecule has 3 heteroatoms. The van der Waals surface area contributed by atoms with E-state index in [1.807, 2.05) is 60.7 Å². The van der Waals surface area contributed by atoms with Gasteiger partial charge in [-0.3, -0.25) is 9.98 Å². The van der Waals surface area contributed by atoms with Crippen molar-refractivity contribution >= 4 is 22.8 Å². The van der Waals surface area contributed by atoms with Crippen LogP contribution in [0.3, 0.4) is 0 Å². The van der Waals surface area contributed by atoms with Crippen molar-refractivity contribution in [2.24, 2.45) is 9.98 Å². The van der Waals surface area contributed by atoms with E-state index in [2.05, 4.69) is 13.8 Å². The molecule has 0 N–H and O–H groups in total. The molecular formula is C20H24N2Ni. The van der Waals surface area contributed by atoms with Crippen LogP contribution in [0.25, 0.3) is 0 Å². The molecule has 0 aliphatic rings. The van der Waals surface area contributed by atoms with Gasteiger partial charge in [-0.05, 0) is 43.5 Å². The van der Waals surface area contributed by atoms with Gasteiger partial charge in [-0.1, -0.05) is 56.7 Å². The molecule has 0 aromatic heterocycles. The standard InChI is InChI=1S/C20H24N2.Ni/c1-3-5-16-20(22-18-14-10-7-11-15-18)19(4-2)21-17-12-8-6-9-13-17;/h6-15H,3-5,16H2,1-2H3;. The SMILES string of the molecule is CCCCC(=Nc1ccccc1)C(CC)=Nc1ccccc1.[Ni]. The first-order chi connectivity index (χ1) is 10.8. The molecule has 0 saturated carbocycles. The summed E-state index contributed by atoms with van der Waals surface area (Å²) in [6, 6.07) is 20.3. The Morgan fingerprint density at radius 3 is 1.65 bits per heavy atom. The van der Waals surface area contributed by atoms with Crippen molar-refractivity contribution in [3.63, 3.8) is 0 Å². The van der Waals surface area contributed by atoms with Gasteiger partial charge in [0.05, 0.1) is 22.8 Å². The van der Waals surface area contributed by atoms with Crippen LogP contribution in [0.2, 0.25) is 0 Å². The van der Waals surface area contributed by atoms with E-state index in [4.69, 9.17) is 9.98 Å². The number of benzene rings is 2. The Hall–Kier alpha value is -1.73. The summed E-state index contributed by atoms with van der Waals surface area (Å²) in [4.78, 5) is 9.66. The summed E-state index contributed by atoms with van der Waals surface area (Å²) in [6.07, 6.45) is 4.17. The quantitative estimate of drug-likeness (QED) is 0.424. The van der Waals surface area contributed by atoms with E-state index >= 15 is 0 Å². The van der Waals surface area contributed by atoms with Gasteiger partial charge in [0.25, 0.3) is 0 Å². The minimum atomic E-state index is 0. The number of rotatable bonds is 7. The van der Waals surface area contributed by atoms with Gasteiger partial charge in [-0.2, -0.15) is 0 Å². The molecule has 0 aliphatic heterocycles. The molecule has 0 unspecified atom stereocenters. The predicted molar refractivity (Wildman–Crippen MR) is 96.9 cm³/mol. The van der Waals surface area contributed by atoms with Gasteiger partial charge in [0.2, 0.25) is 0 Å². The number of hydrogen-bond acceptors (Lipinski definition) is 2. The molecular weight excluding hydrogens is 327 g/mol. The van der Waals surface area contributed by atoms with Crippen molar-refractivity contribution in [1.82, 2.24) is 0 Å². The number of nitrogens with zero attached hydrogens (tertiary/aromatic N) is 2. The first kappa shape index (κ1) is 19.3. The predicted octanol–water partition coefficient (Wildman–Crippen LogP) is 6.13.